The van der Waals surface area contributed by atoms with Crippen molar-refractivity contribution in [2.24, 2.45) is 0 Å². The Labute approximate surface area is 171 Å². The molecule has 0 aromatic heterocycles. The van der Waals surface area contributed by atoms with Crippen LogP contribution >= 0.6 is 23.4 Å². The van der Waals surface area contributed by atoms with Gasteiger partial charge in [0.2, 0.25) is 0 Å². The summed E-state index contributed by atoms with van der Waals surface area (Å²) in [6.07, 6.45) is -0.193. The van der Waals surface area contributed by atoms with E-state index in [1.807, 2.05) is 0 Å². The summed E-state index contributed by atoms with van der Waals surface area (Å²) in [5.74, 6) is -0.170. The number of carbonyl (C=O) groups is 1. The predicted octanol–water partition coefficient (Wildman–Crippen LogP) is 7.20. The Bertz CT molecular complexity index is 894. The number of anilines is 1. The van der Waals surface area contributed by atoms with Crippen LogP contribution in [0.4, 0.5) is 18.9 Å². The number of hydrogen-bond acceptors (Lipinski definition) is 3. The van der Waals surface area contributed by atoms with E-state index in [2.05, 4.69) is 12.2 Å². The van der Waals surface area contributed by atoms with Crippen molar-refractivity contribution >= 4 is 34.8 Å². The van der Waals surface area contributed by atoms with E-state index in [9.17, 15) is 18.0 Å². The molecule has 0 aliphatic carbocycles. The van der Waals surface area contributed by atoms with E-state index in [4.69, 9.17) is 11.6 Å². The lowest BCUT2D eigenvalue weighted by Gasteiger charge is -2.29. The highest BCUT2D eigenvalue weighted by molar-refractivity contribution is 8.00. The smallest absolute Gasteiger partial charge is 0.357 e. The SMILES string of the molecule is CCCCC1Sc2cc(C(F)(F)F)ccc2N/C1=C\C(=O)c1ccc(Cl)cc1. The van der Waals surface area contributed by atoms with Crippen molar-refractivity contribution in [1.82, 2.24) is 0 Å². The Morgan fingerprint density at radius 2 is 1.93 bits per heavy atom. The molecule has 2 aromatic rings. The Morgan fingerprint density at radius 3 is 2.57 bits per heavy atom. The Balaban J connectivity index is 1.91. The Hall–Kier alpha value is -1.92. The molecule has 1 heterocycles. The zero-order valence-corrected chi connectivity index (χ0v) is 16.7. The molecule has 0 radical (unpaired) electrons. The Morgan fingerprint density at radius 1 is 1.21 bits per heavy atom. The second-order valence-electron chi connectivity index (χ2n) is 6.55. The van der Waals surface area contributed by atoms with Gasteiger partial charge < -0.3 is 5.32 Å². The molecule has 2 aromatic carbocycles. The fourth-order valence-corrected chi connectivity index (χ4v) is 4.34. The quantitative estimate of drug-likeness (QED) is 0.405. The van der Waals surface area contributed by atoms with E-state index in [0.717, 1.165) is 25.3 Å². The summed E-state index contributed by atoms with van der Waals surface area (Å²) in [6.45, 7) is 2.05. The molecule has 1 aliphatic rings. The summed E-state index contributed by atoms with van der Waals surface area (Å²) in [5, 5.41) is 3.62. The minimum Gasteiger partial charge on any atom is -0.357 e. The third kappa shape index (κ3) is 4.92. The van der Waals surface area contributed by atoms with Gasteiger partial charge in [-0.15, -0.1) is 11.8 Å². The van der Waals surface area contributed by atoms with E-state index in [0.29, 0.717) is 26.9 Å². The van der Waals surface area contributed by atoms with E-state index >= 15 is 0 Å². The van der Waals surface area contributed by atoms with Crippen LogP contribution in [0.1, 0.15) is 42.1 Å². The van der Waals surface area contributed by atoms with Crippen molar-refractivity contribution < 1.29 is 18.0 Å². The number of rotatable bonds is 5. The Kier molecular flexibility index (Phi) is 6.40. The van der Waals surface area contributed by atoms with Gasteiger partial charge in [0, 0.05) is 32.5 Å². The van der Waals surface area contributed by atoms with Crippen molar-refractivity contribution in [2.45, 2.75) is 42.5 Å². The van der Waals surface area contributed by atoms with Crippen LogP contribution < -0.4 is 5.32 Å². The highest BCUT2D eigenvalue weighted by Gasteiger charge is 2.33. The average Bonchev–Trinajstić information content (AvgIpc) is 2.65. The monoisotopic (exact) mass is 425 g/mol. The molecular formula is C21H19ClF3NOS. The van der Waals surface area contributed by atoms with Crippen LogP contribution in [0.25, 0.3) is 0 Å². The third-order valence-corrected chi connectivity index (χ3v) is 6.06. The molecule has 0 saturated carbocycles. The van der Waals surface area contributed by atoms with Gasteiger partial charge >= 0.3 is 6.18 Å². The molecule has 1 aliphatic heterocycles. The van der Waals surface area contributed by atoms with E-state index in [1.165, 1.54) is 30.0 Å². The average molecular weight is 426 g/mol. The molecule has 1 unspecified atom stereocenters. The zero-order chi connectivity index (χ0) is 20.3. The normalized spacial score (nSPS) is 17.9. The number of halogens is 4. The van der Waals surface area contributed by atoms with Gasteiger partial charge in [0.1, 0.15) is 0 Å². The van der Waals surface area contributed by atoms with Crippen molar-refractivity contribution in [3.8, 4) is 0 Å². The fraction of sp³-hybridized carbons (Fsp3) is 0.286. The first-order valence-electron chi connectivity index (χ1n) is 8.94. The summed E-state index contributed by atoms with van der Waals surface area (Å²) >= 11 is 7.24. The number of hydrogen-bond donors (Lipinski definition) is 1. The molecule has 0 saturated heterocycles. The molecule has 148 valence electrons. The maximum atomic E-state index is 13.0. The molecule has 0 bridgehead atoms. The predicted molar refractivity (Wildman–Crippen MR) is 108 cm³/mol. The molecular weight excluding hydrogens is 407 g/mol. The van der Waals surface area contributed by atoms with Gasteiger partial charge in [0.05, 0.1) is 11.3 Å². The van der Waals surface area contributed by atoms with Crippen LogP contribution in [0.3, 0.4) is 0 Å². The van der Waals surface area contributed by atoms with Crippen LogP contribution in [-0.4, -0.2) is 11.0 Å². The van der Waals surface area contributed by atoms with Crippen molar-refractivity contribution in [1.29, 1.82) is 0 Å². The van der Waals surface area contributed by atoms with Gasteiger partial charge in [-0.05, 0) is 48.9 Å². The molecule has 0 spiro atoms. The molecule has 1 N–H and O–H groups in total. The lowest BCUT2D eigenvalue weighted by Crippen LogP contribution is -2.21. The van der Waals surface area contributed by atoms with Gasteiger partial charge in [-0.3, -0.25) is 4.79 Å². The van der Waals surface area contributed by atoms with Gasteiger partial charge in [0.25, 0.3) is 0 Å². The maximum Gasteiger partial charge on any atom is 0.416 e. The summed E-state index contributed by atoms with van der Waals surface area (Å²) in [7, 11) is 0. The molecule has 2 nitrogen and oxygen atoms in total. The van der Waals surface area contributed by atoms with E-state index < -0.39 is 11.7 Å². The molecule has 3 rings (SSSR count). The van der Waals surface area contributed by atoms with Crippen LogP contribution in [0.2, 0.25) is 5.02 Å². The lowest BCUT2D eigenvalue weighted by molar-refractivity contribution is -0.137. The summed E-state index contributed by atoms with van der Waals surface area (Å²) in [6, 6.07) is 10.3. The molecule has 28 heavy (non-hydrogen) atoms. The van der Waals surface area contributed by atoms with Crippen LogP contribution in [0.15, 0.2) is 59.1 Å². The second-order valence-corrected chi connectivity index (χ2v) is 8.23. The van der Waals surface area contributed by atoms with E-state index in [1.54, 1.807) is 24.3 Å². The van der Waals surface area contributed by atoms with Gasteiger partial charge in [-0.2, -0.15) is 13.2 Å². The highest BCUT2D eigenvalue weighted by Crippen LogP contribution is 2.44. The number of thioether (sulfide) groups is 1. The van der Waals surface area contributed by atoms with Gasteiger partial charge in [-0.1, -0.05) is 31.4 Å². The first-order valence-corrected chi connectivity index (χ1v) is 10.2. The van der Waals surface area contributed by atoms with Crippen LogP contribution in [0.5, 0.6) is 0 Å². The third-order valence-electron chi connectivity index (χ3n) is 4.44. The van der Waals surface area contributed by atoms with E-state index in [-0.39, 0.29) is 11.0 Å². The second kappa shape index (κ2) is 8.62. The summed E-state index contributed by atoms with van der Waals surface area (Å²) < 4.78 is 39.1. The van der Waals surface area contributed by atoms with Crippen molar-refractivity contribution in [3.63, 3.8) is 0 Å². The molecule has 1 atom stereocenters. The topological polar surface area (TPSA) is 29.1 Å². The molecule has 7 heteroatoms. The number of allylic oxidation sites excluding steroid dienone is 1. The van der Waals surface area contributed by atoms with Gasteiger partial charge in [-0.25, -0.2) is 0 Å². The lowest BCUT2D eigenvalue weighted by atomic mass is 10.1. The summed E-state index contributed by atoms with van der Waals surface area (Å²) in [5.41, 5.74) is 1.14. The minimum absolute atomic E-state index is 0.104. The number of ketones is 1. The molecule has 0 amide bonds. The fourth-order valence-electron chi connectivity index (χ4n) is 2.92. The number of nitrogens with one attached hydrogen (secondary N) is 1. The standard InChI is InChI=1S/C21H19ClF3NOS/c1-2-3-4-19-17(12-18(27)13-5-8-15(22)9-6-13)26-16-10-7-14(21(23,24)25)11-20(16)28-19/h5-12,19,26H,2-4H2,1H3/b17-12-. The van der Waals surface area contributed by atoms with Crippen LogP contribution in [0, 0.1) is 0 Å². The van der Waals surface area contributed by atoms with Crippen molar-refractivity contribution in [3.05, 3.63) is 70.4 Å². The number of alkyl halides is 3. The van der Waals surface area contributed by atoms with Crippen LogP contribution in [-0.2, 0) is 6.18 Å². The molecule has 0 fully saturated rings. The number of fused-ring (bicyclic) bond motifs is 1. The highest BCUT2D eigenvalue weighted by atomic mass is 35.5. The summed E-state index contributed by atoms with van der Waals surface area (Å²) in [4.78, 5) is 13.2. The minimum atomic E-state index is -4.38. The first kappa shape index (κ1) is 20.8. The zero-order valence-electron chi connectivity index (χ0n) is 15.1. The van der Waals surface area contributed by atoms with Gasteiger partial charge in [0.15, 0.2) is 5.78 Å². The number of unbranched alkanes of at least 4 members (excludes halogenated alkanes) is 1. The largest absolute Gasteiger partial charge is 0.416 e. The number of carbonyl (C=O) groups excluding carboxylic acids is 1. The first-order chi connectivity index (χ1) is 13.3. The van der Waals surface area contributed by atoms with Crippen molar-refractivity contribution in [2.75, 3.05) is 5.32 Å². The number of benzene rings is 2. The maximum absolute atomic E-state index is 13.0.